The van der Waals surface area contributed by atoms with Crippen molar-refractivity contribution in [1.82, 2.24) is 4.90 Å². The van der Waals surface area contributed by atoms with Gasteiger partial charge in [0.1, 0.15) is 0 Å². The lowest BCUT2D eigenvalue weighted by Gasteiger charge is -2.25. The molecule has 0 fully saturated rings. The van der Waals surface area contributed by atoms with Gasteiger partial charge >= 0.3 is 0 Å². The largest absolute Gasteiger partial charge is 0.361 e. The summed E-state index contributed by atoms with van der Waals surface area (Å²) in [6, 6.07) is 31.4. The lowest BCUT2D eigenvalue weighted by molar-refractivity contribution is 0.496. The van der Waals surface area contributed by atoms with Gasteiger partial charge in [-0.25, -0.2) is 8.42 Å². The Hall–Kier alpha value is -4.29. The average Bonchev–Trinajstić information content (AvgIpc) is 3.34. The summed E-state index contributed by atoms with van der Waals surface area (Å²) in [5, 5.41) is 4.19. The Morgan fingerprint density at radius 2 is 1.32 bits per heavy atom. The third kappa shape index (κ3) is 4.19. The number of benzene rings is 5. The zero-order chi connectivity index (χ0) is 25.6. The predicted molar refractivity (Wildman–Crippen MR) is 153 cm³/mol. The molecule has 0 aliphatic carbocycles. The molecule has 1 aliphatic rings. The fourth-order valence-electron chi connectivity index (χ4n) is 4.99. The van der Waals surface area contributed by atoms with Crippen LogP contribution in [-0.2, 0) is 10.0 Å². The molecule has 5 aromatic carbocycles. The van der Waals surface area contributed by atoms with Crippen LogP contribution >= 0.6 is 0 Å². The van der Waals surface area contributed by atoms with Crippen LogP contribution in [0.1, 0.15) is 5.56 Å². The van der Waals surface area contributed by atoms with Crippen LogP contribution in [0.2, 0.25) is 0 Å². The van der Waals surface area contributed by atoms with E-state index in [-0.39, 0.29) is 4.90 Å². The minimum Gasteiger partial charge on any atom is -0.361 e. The van der Waals surface area contributed by atoms with Crippen LogP contribution in [0.4, 0.5) is 11.4 Å². The van der Waals surface area contributed by atoms with Crippen LogP contribution in [0.3, 0.4) is 0 Å². The van der Waals surface area contributed by atoms with E-state index in [1.54, 1.807) is 12.1 Å². The molecule has 5 nitrogen and oxygen atoms in total. The van der Waals surface area contributed by atoms with Crippen molar-refractivity contribution in [2.45, 2.75) is 11.8 Å². The number of rotatable bonds is 5. The van der Waals surface area contributed by atoms with Gasteiger partial charge in [0.15, 0.2) is 0 Å². The standard InChI is InChI=1S/C31H27N3O2S/c1-22-11-15-25(16-12-22)37(35,36)32-28-17-13-23-7-3-5-9-26(23)30(28)31-27-10-6-4-8-24(27)14-18-29(31)34-20-19-33(2)21-34/h3-20,32H,21H2,1-2H3. The lowest BCUT2D eigenvalue weighted by atomic mass is 9.91. The van der Waals surface area contributed by atoms with Gasteiger partial charge in [-0.1, -0.05) is 78.4 Å². The van der Waals surface area contributed by atoms with Crippen LogP contribution in [-0.4, -0.2) is 27.0 Å². The molecule has 0 saturated heterocycles. The summed E-state index contributed by atoms with van der Waals surface area (Å²) >= 11 is 0. The first-order valence-corrected chi connectivity index (χ1v) is 13.7. The molecule has 6 heteroatoms. The molecular formula is C31H27N3O2S. The van der Waals surface area contributed by atoms with Gasteiger partial charge in [-0.15, -0.1) is 0 Å². The summed E-state index contributed by atoms with van der Waals surface area (Å²) < 4.78 is 30.0. The Kier molecular flexibility index (Phi) is 5.61. The Labute approximate surface area is 217 Å². The first-order chi connectivity index (χ1) is 17.9. The Morgan fingerprint density at radius 3 is 1.97 bits per heavy atom. The van der Waals surface area contributed by atoms with Gasteiger partial charge in [-0.05, 0) is 52.7 Å². The molecular weight excluding hydrogens is 478 g/mol. The van der Waals surface area contributed by atoms with Crippen LogP contribution in [0.5, 0.6) is 0 Å². The van der Waals surface area contributed by atoms with Gasteiger partial charge in [0.05, 0.1) is 22.9 Å². The van der Waals surface area contributed by atoms with Crippen molar-refractivity contribution in [3.8, 4) is 11.1 Å². The number of anilines is 2. The number of fused-ring (bicyclic) bond motifs is 2. The molecule has 0 bridgehead atoms. The van der Waals surface area contributed by atoms with Gasteiger partial charge in [0.2, 0.25) is 0 Å². The zero-order valence-electron chi connectivity index (χ0n) is 20.7. The molecule has 6 rings (SSSR count). The summed E-state index contributed by atoms with van der Waals surface area (Å²) in [4.78, 5) is 4.55. The maximum absolute atomic E-state index is 13.5. The van der Waals surface area contributed by atoms with Crippen LogP contribution < -0.4 is 9.62 Å². The quantitative estimate of drug-likeness (QED) is 0.281. The molecule has 37 heavy (non-hydrogen) atoms. The molecule has 0 unspecified atom stereocenters. The third-order valence-electron chi connectivity index (χ3n) is 6.85. The van der Waals surface area contributed by atoms with E-state index in [9.17, 15) is 8.42 Å². The minimum atomic E-state index is -3.81. The molecule has 1 aliphatic heterocycles. The van der Waals surface area contributed by atoms with Crippen LogP contribution in [0.15, 0.2) is 114 Å². The highest BCUT2D eigenvalue weighted by Gasteiger charge is 2.24. The Bertz CT molecular complexity index is 1780. The van der Waals surface area contributed by atoms with Crippen molar-refractivity contribution >= 4 is 42.9 Å². The molecule has 0 saturated carbocycles. The predicted octanol–water partition coefficient (Wildman–Crippen LogP) is 6.95. The number of hydrogen-bond donors (Lipinski definition) is 1. The molecule has 0 amide bonds. The van der Waals surface area contributed by atoms with Gasteiger partial charge in [0, 0.05) is 30.6 Å². The summed E-state index contributed by atoms with van der Waals surface area (Å²) in [6.45, 7) is 2.65. The fourth-order valence-corrected chi connectivity index (χ4v) is 6.07. The molecule has 184 valence electrons. The van der Waals surface area contributed by atoms with E-state index >= 15 is 0 Å². The normalized spacial score (nSPS) is 13.6. The Morgan fingerprint density at radius 1 is 0.703 bits per heavy atom. The van der Waals surface area contributed by atoms with Crippen LogP contribution in [0, 0.1) is 6.92 Å². The van der Waals surface area contributed by atoms with E-state index in [2.05, 4.69) is 57.1 Å². The first-order valence-electron chi connectivity index (χ1n) is 12.2. The summed E-state index contributed by atoms with van der Waals surface area (Å²) in [7, 11) is -1.77. The maximum atomic E-state index is 13.5. The smallest absolute Gasteiger partial charge is 0.261 e. The third-order valence-corrected chi connectivity index (χ3v) is 8.23. The molecule has 1 N–H and O–H groups in total. The summed E-state index contributed by atoms with van der Waals surface area (Å²) in [5.41, 5.74) is 4.44. The molecule has 5 aromatic rings. The minimum absolute atomic E-state index is 0.236. The number of nitrogens with one attached hydrogen (secondary N) is 1. The van der Waals surface area contributed by atoms with Gasteiger partial charge in [0.25, 0.3) is 10.0 Å². The molecule has 1 heterocycles. The average molecular weight is 506 g/mol. The first kappa shape index (κ1) is 23.1. The van der Waals surface area contributed by atoms with Gasteiger partial charge < -0.3 is 9.80 Å². The second-order valence-electron chi connectivity index (χ2n) is 9.47. The molecule has 0 spiro atoms. The van der Waals surface area contributed by atoms with Crippen molar-refractivity contribution in [3.63, 3.8) is 0 Å². The van der Waals surface area contributed by atoms with E-state index in [1.807, 2.05) is 68.7 Å². The second-order valence-corrected chi connectivity index (χ2v) is 11.2. The zero-order valence-corrected chi connectivity index (χ0v) is 21.5. The summed E-state index contributed by atoms with van der Waals surface area (Å²) in [5.74, 6) is 0. The topological polar surface area (TPSA) is 52.7 Å². The van der Waals surface area contributed by atoms with Crippen molar-refractivity contribution < 1.29 is 8.42 Å². The highest BCUT2D eigenvalue weighted by molar-refractivity contribution is 7.92. The number of nitrogens with zero attached hydrogens (tertiary/aromatic N) is 2. The fraction of sp³-hybridized carbons (Fsp3) is 0.0968. The highest BCUT2D eigenvalue weighted by Crippen LogP contribution is 2.45. The Balaban J connectivity index is 1.64. The monoisotopic (exact) mass is 505 g/mol. The summed E-state index contributed by atoms with van der Waals surface area (Å²) in [6.07, 6.45) is 4.11. The number of aryl methyl sites for hydroxylation is 1. The van der Waals surface area contributed by atoms with E-state index in [4.69, 9.17) is 0 Å². The number of sulfonamides is 1. The van der Waals surface area contributed by atoms with E-state index < -0.39 is 10.0 Å². The van der Waals surface area contributed by atoms with Crippen molar-refractivity contribution in [3.05, 3.63) is 115 Å². The SMILES string of the molecule is Cc1ccc(S(=O)(=O)Nc2ccc3ccccc3c2-c2c(N3C=CN(C)C3)ccc3ccccc23)cc1. The van der Waals surface area contributed by atoms with Crippen molar-refractivity contribution in [2.75, 3.05) is 23.3 Å². The van der Waals surface area contributed by atoms with E-state index in [0.717, 1.165) is 43.9 Å². The van der Waals surface area contributed by atoms with Gasteiger partial charge in [-0.3, -0.25) is 4.72 Å². The van der Waals surface area contributed by atoms with Crippen molar-refractivity contribution in [2.24, 2.45) is 0 Å². The molecule has 0 atom stereocenters. The highest BCUT2D eigenvalue weighted by atomic mass is 32.2. The van der Waals surface area contributed by atoms with E-state index in [0.29, 0.717) is 12.4 Å². The van der Waals surface area contributed by atoms with Gasteiger partial charge in [-0.2, -0.15) is 0 Å². The van der Waals surface area contributed by atoms with Crippen molar-refractivity contribution in [1.29, 1.82) is 0 Å². The van der Waals surface area contributed by atoms with E-state index in [1.165, 1.54) is 0 Å². The molecule has 0 radical (unpaired) electrons. The molecule has 0 aromatic heterocycles. The maximum Gasteiger partial charge on any atom is 0.261 e. The lowest BCUT2D eigenvalue weighted by Crippen LogP contribution is -2.22. The number of hydrogen-bond acceptors (Lipinski definition) is 4. The second kappa shape index (κ2) is 8.98. The van der Waals surface area contributed by atoms with Crippen LogP contribution in [0.25, 0.3) is 32.7 Å².